The van der Waals surface area contributed by atoms with E-state index in [1.807, 2.05) is 19.2 Å². The smallest absolute Gasteiger partial charge is 0.286 e. The first-order valence-corrected chi connectivity index (χ1v) is 9.64. The number of hydrogen-bond donors (Lipinski definition) is 0. The van der Waals surface area contributed by atoms with Crippen molar-refractivity contribution in [1.29, 1.82) is 0 Å². The van der Waals surface area contributed by atoms with Gasteiger partial charge in [-0.1, -0.05) is 0 Å². The third kappa shape index (κ3) is 4.39. The Kier molecular flexibility index (Phi) is 6.10. The van der Waals surface area contributed by atoms with Crippen LogP contribution in [0, 0.1) is 10.1 Å². The Morgan fingerprint density at radius 1 is 1.36 bits per heavy atom. The van der Waals surface area contributed by atoms with Gasteiger partial charge in [0.15, 0.2) is 11.5 Å². The van der Waals surface area contributed by atoms with Gasteiger partial charge in [-0.25, -0.2) is 4.98 Å². The van der Waals surface area contributed by atoms with Gasteiger partial charge in [-0.05, 0) is 13.8 Å². The summed E-state index contributed by atoms with van der Waals surface area (Å²) >= 11 is 1.42. The molecule has 2 atom stereocenters. The second-order valence-corrected chi connectivity index (χ2v) is 7.23. The Labute approximate surface area is 166 Å². The molecule has 0 spiro atoms. The number of morpholine rings is 1. The molecule has 9 nitrogen and oxygen atoms in total. The van der Waals surface area contributed by atoms with E-state index < -0.39 is 10.8 Å². The van der Waals surface area contributed by atoms with Crippen LogP contribution in [0.5, 0.6) is 11.5 Å². The van der Waals surface area contributed by atoms with Crippen molar-refractivity contribution in [2.75, 3.05) is 20.2 Å². The van der Waals surface area contributed by atoms with Gasteiger partial charge >= 0.3 is 0 Å². The van der Waals surface area contributed by atoms with Crippen molar-refractivity contribution in [3.63, 3.8) is 0 Å². The molecule has 0 bridgehead atoms. The molecule has 28 heavy (non-hydrogen) atoms. The molecule has 0 aliphatic carbocycles. The zero-order valence-corrected chi connectivity index (χ0v) is 16.6. The minimum Gasteiger partial charge on any atom is -0.493 e. The van der Waals surface area contributed by atoms with Crippen LogP contribution in [0.3, 0.4) is 0 Å². The molecule has 1 aliphatic rings. The van der Waals surface area contributed by atoms with Crippen LogP contribution in [0.4, 0.5) is 5.69 Å². The number of nitrogens with zero attached hydrogens (tertiary/aromatic N) is 3. The molecule has 10 heteroatoms. The maximum atomic E-state index is 13.0. The molecule has 150 valence electrons. The fourth-order valence-electron chi connectivity index (χ4n) is 3.12. The maximum Gasteiger partial charge on any atom is 0.286 e. The van der Waals surface area contributed by atoms with Gasteiger partial charge in [0.2, 0.25) is 0 Å². The van der Waals surface area contributed by atoms with Crippen LogP contribution < -0.4 is 9.47 Å². The van der Waals surface area contributed by atoms with E-state index in [0.717, 1.165) is 0 Å². The van der Waals surface area contributed by atoms with Crippen LogP contribution in [0.15, 0.2) is 23.0 Å². The summed E-state index contributed by atoms with van der Waals surface area (Å²) in [5.41, 5.74) is 2.01. The average molecular weight is 407 g/mol. The molecular weight excluding hydrogens is 386 g/mol. The first kappa shape index (κ1) is 20.0. The Morgan fingerprint density at radius 2 is 2.07 bits per heavy atom. The molecule has 2 heterocycles. The number of ether oxygens (including phenoxy) is 3. The standard InChI is InChI=1S/C18H21N3O6S/c1-11-6-20(7-12(2)27-11)18(22)14-4-16(25-3)17(5-15(14)21(23)24)26-8-13-9-28-10-19-13/h4-5,9-12H,6-8H2,1-3H3. The zero-order valence-electron chi connectivity index (χ0n) is 15.8. The van der Waals surface area contributed by atoms with E-state index >= 15 is 0 Å². The van der Waals surface area contributed by atoms with Crippen LogP contribution in [0.25, 0.3) is 0 Å². The molecule has 1 aromatic heterocycles. The van der Waals surface area contributed by atoms with Crippen molar-refractivity contribution >= 4 is 22.9 Å². The highest BCUT2D eigenvalue weighted by Gasteiger charge is 2.32. The molecule has 1 amide bonds. The number of carbonyl (C=O) groups excluding carboxylic acids is 1. The van der Waals surface area contributed by atoms with Crippen LogP contribution >= 0.6 is 11.3 Å². The second-order valence-electron chi connectivity index (χ2n) is 6.51. The molecule has 0 saturated carbocycles. The topological polar surface area (TPSA) is 104 Å². The first-order chi connectivity index (χ1) is 13.4. The third-order valence-electron chi connectivity index (χ3n) is 4.27. The zero-order chi connectivity index (χ0) is 20.3. The highest BCUT2D eigenvalue weighted by atomic mass is 32.1. The van der Waals surface area contributed by atoms with Crippen molar-refractivity contribution in [3.05, 3.63) is 44.4 Å². The molecule has 1 saturated heterocycles. The monoisotopic (exact) mass is 407 g/mol. The lowest BCUT2D eigenvalue weighted by Crippen LogP contribution is -2.48. The van der Waals surface area contributed by atoms with Crippen molar-refractivity contribution in [1.82, 2.24) is 9.88 Å². The third-order valence-corrected chi connectivity index (χ3v) is 4.91. The van der Waals surface area contributed by atoms with E-state index in [1.165, 1.54) is 30.6 Å². The summed E-state index contributed by atoms with van der Waals surface area (Å²) in [6.45, 7) is 4.60. The minimum atomic E-state index is -0.588. The highest BCUT2D eigenvalue weighted by Crippen LogP contribution is 2.36. The number of methoxy groups -OCH3 is 1. The molecule has 2 unspecified atom stereocenters. The molecule has 3 rings (SSSR count). The van der Waals surface area contributed by atoms with Crippen LogP contribution in [-0.4, -0.2) is 53.1 Å². The normalized spacial score (nSPS) is 19.3. The van der Waals surface area contributed by atoms with Gasteiger partial charge in [-0.3, -0.25) is 14.9 Å². The van der Waals surface area contributed by atoms with Crippen LogP contribution in [-0.2, 0) is 11.3 Å². The fourth-order valence-corrected chi connectivity index (χ4v) is 3.66. The molecular formula is C18H21N3O6S. The van der Waals surface area contributed by atoms with E-state index in [0.29, 0.717) is 18.8 Å². The van der Waals surface area contributed by atoms with Gasteiger partial charge in [-0.15, -0.1) is 11.3 Å². The Bertz CT molecular complexity index is 847. The Hall–Kier alpha value is -2.72. The number of nitro benzene ring substituents is 1. The summed E-state index contributed by atoms with van der Waals surface area (Å²) in [7, 11) is 1.42. The average Bonchev–Trinajstić information content (AvgIpc) is 3.17. The first-order valence-electron chi connectivity index (χ1n) is 8.70. The van der Waals surface area contributed by atoms with E-state index in [2.05, 4.69) is 4.98 Å². The summed E-state index contributed by atoms with van der Waals surface area (Å²) in [6, 6.07) is 2.59. The van der Waals surface area contributed by atoms with Crippen LogP contribution in [0.1, 0.15) is 29.9 Å². The summed E-state index contributed by atoms with van der Waals surface area (Å²) < 4.78 is 16.6. The Balaban J connectivity index is 1.91. The van der Waals surface area contributed by atoms with Gasteiger partial charge in [0.05, 0.1) is 41.5 Å². The van der Waals surface area contributed by atoms with Crippen molar-refractivity contribution in [3.8, 4) is 11.5 Å². The molecule has 1 fully saturated rings. The summed E-state index contributed by atoms with van der Waals surface area (Å²) in [5, 5.41) is 13.4. The highest BCUT2D eigenvalue weighted by molar-refractivity contribution is 7.07. The van der Waals surface area contributed by atoms with Crippen LogP contribution in [0.2, 0.25) is 0 Å². The lowest BCUT2D eigenvalue weighted by Gasteiger charge is -2.35. The second kappa shape index (κ2) is 8.53. The molecule has 0 radical (unpaired) electrons. The van der Waals surface area contributed by atoms with E-state index in [1.54, 1.807) is 10.4 Å². The summed E-state index contributed by atoms with van der Waals surface area (Å²) in [6.07, 6.45) is -0.288. The minimum absolute atomic E-state index is 0.0378. The molecule has 1 aromatic carbocycles. The fraction of sp³-hybridized carbons (Fsp3) is 0.444. The SMILES string of the molecule is COc1cc(C(=O)N2CC(C)OC(C)C2)c([N+](=O)[O-])cc1OCc1cscn1. The number of amides is 1. The van der Waals surface area contributed by atoms with Crippen molar-refractivity contribution in [2.45, 2.75) is 32.7 Å². The van der Waals surface area contributed by atoms with Gasteiger partial charge in [-0.2, -0.15) is 0 Å². The number of nitro groups is 1. The number of hydrogen-bond acceptors (Lipinski definition) is 8. The van der Waals surface area contributed by atoms with Crippen molar-refractivity contribution < 1.29 is 23.9 Å². The number of thiazole rings is 1. The summed E-state index contributed by atoms with van der Waals surface area (Å²) in [5.74, 6) is -0.000879. The van der Waals surface area contributed by atoms with Crippen molar-refractivity contribution in [2.24, 2.45) is 0 Å². The number of carbonyl (C=O) groups is 1. The largest absolute Gasteiger partial charge is 0.493 e. The molecule has 0 N–H and O–H groups in total. The van der Waals surface area contributed by atoms with E-state index in [4.69, 9.17) is 14.2 Å². The maximum absolute atomic E-state index is 13.0. The van der Waals surface area contributed by atoms with Gasteiger partial charge in [0.25, 0.3) is 11.6 Å². The van der Waals surface area contributed by atoms with Gasteiger partial charge in [0.1, 0.15) is 12.2 Å². The Morgan fingerprint density at radius 3 is 2.64 bits per heavy atom. The lowest BCUT2D eigenvalue weighted by atomic mass is 10.1. The molecule has 1 aliphatic heterocycles. The van der Waals surface area contributed by atoms with E-state index in [9.17, 15) is 14.9 Å². The van der Waals surface area contributed by atoms with E-state index in [-0.39, 0.29) is 41.6 Å². The molecule has 2 aromatic rings. The predicted molar refractivity (Wildman–Crippen MR) is 102 cm³/mol. The number of rotatable bonds is 6. The number of benzene rings is 1. The lowest BCUT2D eigenvalue weighted by molar-refractivity contribution is -0.385. The summed E-state index contributed by atoms with van der Waals surface area (Å²) in [4.78, 5) is 29.7. The van der Waals surface area contributed by atoms with Gasteiger partial charge < -0.3 is 19.1 Å². The quantitative estimate of drug-likeness (QED) is 0.536. The number of aromatic nitrogens is 1. The van der Waals surface area contributed by atoms with Gasteiger partial charge in [0, 0.05) is 24.5 Å². The predicted octanol–water partition coefficient (Wildman–Crippen LogP) is 2.89.